The molecule has 1 N–H and O–H groups in total. The van der Waals surface area contributed by atoms with Crippen molar-refractivity contribution in [2.45, 2.75) is 84.2 Å². The fourth-order valence-corrected chi connectivity index (χ4v) is 6.29. The number of ether oxygens (including phenoxy) is 3. The molecule has 10 heteroatoms. The largest absolute Gasteiger partial charge is 0.494 e. The molecule has 2 fully saturated rings. The minimum absolute atomic E-state index is 0.134. The molecule has 4 aliphatic rings. The molecule has 0 saturated carbocycles. The molecular formula is C34H40BN3O6. The summed E-state index contributed by atoms with van der Waals surface area (Å²) in [6, 6.07) is 12.3. The van der Waals surface area contributed by atoms with E-state index in [4.69, 9.17) is 23.5 Å². The average Bonchev–Trinajstić information content (AvgIpc) is 3.69. The van der Waals surface area contributed by atoms with Gasteiger partial charge in [-0.15, -0.1) is 0 Å². The van der Waals surface area contributed by atoms with E-state index in [0.717, 1.165) is 69.2 Å². The van der Waals surface area contributed by atoms with E-state index in [2.05, 4.69) is 61.9 Å². The van der Waals surface area contributed by atoms with Crippen LogP contribution in [0.5, 0.6) is 11.5 Å². The van der Waals surface area contributed by atoms with Crippen LogP contribution in [0.25, 0.3) is 22.4 Å². The van der Waals surface area contributed by atoms with E-state index in [0.29, 0.717) is 19.8 Å². The number of aromatic amines is 1. The molecule has 0 unspecified atom stereocenters. The third-order valence-corrected chi connectivity index (χ3v) is 9.37. The molecule has 230 valence electrons. The molecular weight excluding hydrogens is 557 g/mol. The van der Waals surface area contributed by atoms with Gasteiger partial charge in [0.25, 0.3) is 0 Å². The zero-order valence-electron chi connectivity index (χ0n) is 26.6. The number of aromatic nitrogens is 2. The van der Waals surface area contributed by atoms with Crippen molar-refractivity contribution in [2.75, 3.05) is 19.8 Å². The van der Waals surface area contributed by atoms with Gasteiger partial charge in [0.2, 0.25) is 0 Å². The standard InChI is InChI=1S/C34H40BN3O6/c1-32(2,3)42-31(39)38-14-8-9-27(38)30-36-17-26(37-30)20-10-12-22-24-19-41-29-16-21(35-43-33(4,5)34(6,7)44-35)11-13-23(29)25(24)18-40-28(22)15-20/h10-13,15-17,27H,8-9,14,18-19H2,1-7H3,(H,36,37)/t27-/m0/s1. The lowest BCUT2D eigenvalue weighted by Crippen LogP contribution is -2.41. The molecule has 4 aliphatic heterocycles. The number of amides is 1. The van der Waals surface area contributed by atoms with E-state index < -0.39 is 23.9 Å². The quantitative estimate of drug-likeness (QED) is 0.363. The van der Waals surface area contributed by atoms with Crippen molar-refractivity contribution in [1.29, 1.82) is 0 Å². The summed E-state index contributed by atoms with van der Waals surface area (Å²) in [6.45, 7) is 15.5. The highest BCUT2D eigenvalue weighted by Gasteiger charge is 2.52. The summed E-state index contributed by atoms with van der Waals surface area (Å²) in [5, 5.41) is 0. The van der Waals surface area contributed by atoms with Crippen molar-refractivity contribution in [3.05, 3.63) is 59.5 Å². The van der Waals surface area contributed by atoms with E-state index in [1.165, 1.54) is 0 Å². The number of fused-ring (bicyclic) bond motifs is 4. The van der Waals surface area contributed by atoms with Gasteiger partial charge in [0.15, 0.2) is 0 Å². The first kappa shape index (κ1) is 29.0. The monoisotopic (exact) mass is 597 g/mol. The first-order valence-corrected chi connectivity index (χ1v) is 15.5. The molecule has 1 atom stereocenters. The molecule has 44 heavy (non-hydrogen) atoms. The van der Waals surface area contributed by atoms with E-state index >= 15 is 0 Å². The highest BCUT2D eigenvalue weighted by atomic mass is 16.7. The molecule has 5 heterocycles. The minimum atomic E-state index is -0.542. The normalized spacial score (nSPS) is 21.8. The molecule has 0 spiro atoms. The summed E-state index contributed by atoms with van der Waals surface area (Å²) in [5.74, 6) is 2.40. The van der Waals surface area contributed by atoms with Gasteiger partial charge in [-0.05, 0) is 78.9 Å². The van der Waals surface area contributed by atoms with Crippen molar-refractivity contribution in [3.63, 3.8) is 0 Å². The maximum Gasteiger partial charge on any atom is 0.494 e. The molecule has 0 aliphatic carbocycles. The second-order valence-electron chi connectivity index (χ2n) is 14.1. The van der Waals surface area contributed by atoms with E-state index in [9.17, 15) is 4.79 Å². The van der Waals surface area contributed by atoms with Gasteiger partial charge in [0, 0.05) is 34.4 Å². The number of carbonyl (C=O) groups excluding carboxylic acids is 1. The van der Waals surface area contributed by atoms with Crippen molar-refractivity contribution in [1.82, 2.24) is 14.9 Å². The third-order valence-electron chi connectivity index (χ3n) is 9.37. The number of imidazole rings is 1. The Bertz CT molecular complexity index is 1650. The minimum Gasteiger partial charge on any atom is -0.488 e. The van der Waals surface area contributed by atoms with Crippen molar-refractivity contribution in [3.8, 4) is 22.8 Å². The summed E-state index contributed by atoms with van der Waals surface area (Å²) in [7, 11) is -0.442. The summed E-state index contributed by atoms with van der Waals surface area (Å²) >= 11 is 0. The van der Waals surface area contributed by atoms with Crippen LogP contribution in [0, 0.1) is 0 Å². The van der Waals surface area contributed by atoms with Crippen LogP contribution >= 0.6 is 0 Å². The van der Waals surface area contributed by atoms with Gasteiger partial charge < -0.3 is 28.5 Å². The van der Waals surface area contributed by atoms with Crippen LogP contribution in [0.3, 0.4) is 0 Å². The van der Waals surface area contributed by atoms with Gasteiger partial charge >= 0.3 is 13.2 Å². The lowest BCUT2D eigenvalue weighted by atomic mass is 9.77. The molecule has 9 nitrogen and oxygen atoms in total. The van der Waals surface area contributed by atoms with Crippen molar-refractivity contribution >= 4 is 29.8 Å². The third kappa shape index (κ3) is 4.98. The molecule has 1 aromatic heterocycles. The fraction of sp³-hybridized carbons (Fsp3) is 0.471. The van der Waals surface area contributed by atoms with Crippen LogP contribution < -0.4 is 14.9 Å². The van der Waals surface area contributed by atoms with E-state index in [1.54, 1.807) is 4.90 Å². The van der Waals surface area contributed by atoms with Crippen molar-refractivity contribution < 1.29 is 28.3 Å². The van der Waals surface area contributed by atoms with E-state index in [1.807, 2.05) is 39.1 Å². The Hall–Kier alpha value is -3.76. The van der Waals surface area contributed by atoms with Gasteiger partial charge in [-0.1, -0.05) is 24.3 Å². The number of nitrogens with one attached hydrogen (secondary N) is 1. The highest BCUT2D eigenvalue weighted by molar-refractivity contribution is 6.62. The first-order valence-electron chi connectivity index (χ1n) is 15.5. The number of hydrogen-bond donors (Lipinski definition) is 1. The summed E-state index contributed by atoms with van der Waals surface area (Å²) in [5.41, 5.74) is 5.78. The Morgan fingerprint density at radius 1 is 0.977 bits per heavy atom. The van der Waals surface area contributed by atoms with Crippen LogP contribution in [0.15, 0.2) is 42.6 Å². The molecule has 2 saturated heterocycles. The summed E-state index contributed by atoms with van der Waals surface area (Å²) < 4.78 is 30.8. The van der Waals surface area contributed by atoms with E-state index in [-0.39, 0.29) is 12.1 Å². The number of carbonyl (C=O) groups is 1. The van der Waals surface area contributed by atoms with Crippen LogP contribution in [0.2, 0.25) is 0 Å². The topological polar surface area (TPSA) is 95.1 Å². The molecule has 7 rings (SSSR count). The molecule has 0 radical (unpaired) electrons. The van der Waals surface area contributed by atoms with Crippen LogP contribution in [-0.2, 0) is 14.0 Å². The molecule has 3 aromatic rings. The number of nitrogens with zero attached hydrogens (tertiary/aromatic N) is 2. The lowest BCUT2D eigenvalue weighted by molar-refractivity contribution is 0.00578. The van der Waals surface area contributed by atoms with Gasteiger partial charge in [0.1, 0.15) is 36.1 Å². The zero-order chi connectivity index (χ0) is 31.0. The zero-order valence-corrected chi connectivity index (χ0v) is 26.6. The second-order valence-corrected chi connectivity index (χ2v) is 14.1. The SMILES string of the molecule is CC(C)(C)OC(=O)N1CCC[C@H]1c1ncc(-c2ccc3c(c2)OCC2=C3COc3cc(B4OC(C)(C)C(C)(C)O4)ccc32)[nH]1. The number of hydrogen-bond acceptors (Lipinski definition) is 7. The maximum atomic E-state index is 12.8. The number of benzene rings is 2. The molecule has 0 bridgehead atoms. The van der Waals surface area contributed by atoms with Crippen LogP contribution in [0.4, 0.5) is 4.79 Å². The smallest absolute Gasteiger partial charge is 0.488 e. The van der Waals surface area contributed by atoms with Crippen LogP contribution in [0.1, 0.15) is 84.3 Å². The van der Waals surface area contributed by atoms with Gasteiger partial charge in [-0.2, -0.15) is 0 Å². The Kier molecular flexibility index (Phi) is 6.68. The predicted octanol–water partition coefficient (Wildman–Crippen LogP) is 6.14. The Balaban J connectivity index is 1.11. The highest BCUT2D eigenvalue weighted by Crippen LogP contribution is 2.45. The average molecular weight is 598 g/mol. The first-order chi connectivity index (χ1) is 20.8. The van der Waals surface area contributed by atoms with Crippen LogP contribution in [-0.4, -0.2) is 64.6 Å². The lowest BCUT2D eigenvalue weighted by Gasteiger charge is -2.32. The van der Waals surface area contributed by atoms with Gasteiger partial charge in [-0.25, -0.2) is 9.78 Å². The maximum absolute atomic E-state index is 12.8. The molecule has 2 aromatic carbocycles. The fourth-order valence-electron chi connectivity index (χ4n) is 6.29. The summed E-state index contributed by atoms with van der Waals surface area (Å²) in [4.78, 5) is 22.7. The van der Waals surface area contributed by atoms with Gasteiger partial charge in [0.05, 0.1) is 29.1 Å². The molecule has 1 amide bonds. The predicted molar refractivity (Wildman–Crippen MR) is 169 cm³/mol. The van der Waals surface area contributed by atoms with Crippen molar-refractivity contribution in [2.24, 2.45) is 0 Å². The van der Waals surface area contributed by atoms with Gasteiger partial charge in [-0.3, -0.25) is 4.90 Å². The summed E-state index contributed by atoms with van der Waals surface area (Å²) in [6.07, 6.45) is 3.28. The number of rotatable bonds is 3. The Morgan fingerprint density at radius 3 is 2.27 bits per heavy atom. The number of likely N-dealkylation sites (tertiary alicyclic amines) is 1. The Labute approximate surface area is 259 Å². The number of H-pyrrole nitrogens is 1. The second kappa shape index (κ2) is 10.1. The Morgan fingerprint density at radius 2 is 1.61 bits per heavy atom.